The highest BCUT2D eigenvalue weighted by Crippen LogP contribution is 2.35. The van der Waals surface area contributed by atoms with Gasteiger partial charge in [-0.3, -0.25) is 9.59 Å². The highest BCUT2D eigenvalue weighted by atomic mass is 19.1. The Morgan fingerprint density at radius 2 is 1.79 bits per heavy atom. The molecule has 1 saturated heterocycles. The molecular weight excluding hydrogens is 433 g/mol. The molecule has 2 amide bonds. The van der Waals surface area contributed by atoms with E-state index >= 15 is 0 Å². The molecule has 2 heterocycles. The van der Waals surface area contributed by atoms with Gasteiger partial charge in [0.25, 0.3) is 11.8 Å². The molecule has 0 aliphatic carbocycles. The van der Waals surface area contributed by atoms with Crippen molar-refractivity contribution < 1.29 is 18.7 Å². The molecule has 34 heavy (non-hydrogen) atoms. The SMILES string of the molecule is O=C(NCc1ccc(F)cc1)c1ccc(N[C@H]2c3ccccc3C(=O)N2C[C@H]2CCCO2)cc1. The van der Waals surface area contributed by atoms with E-state index in [0.29, 0.717) is 24.2 Å². The number of hydrogen-bond donors (Lipinski definition) is 2. The number of carbonyl (C=O) groups excluding carboxylic acids is 2. The predicted molar refractivity (Wildman–Crippen MR) is 127 cm³/mol. The first-order valence-electron chi connectivity index (χ1n) is 11.5. The van der Waals surface area contributed by atoms with Crippen molar-refractivity contribution in [2.75, 3.05) is 18.5 Å². The van der Waals surface area contributed by atoms with Crippen LogP contribution in [0.15, 0.2) is 72.8 Å². The molecule has 3 aromatic carbocycles. The first-order chi connectivity index (χ1) is 16.6. The van der Waals surface area contributed by atoms with Crippen molar-refractivity contribution in [1.82, 2.24) is 10.2 Å². The number of benzene rings is 3. The Morgan fingerprint density at radius 1 is 1.03 bits per heavy atom. The van der Waals surface area contributed by atoms with E-state index in [0.717, 1.165) is 36.3 Å². The van der Waals surface area contributed by atoms with Crippen LogP contribution in [0.25, 0.3) is 0 Å². The van der Waals surface area contributed by atoms with Gasteiger partial charge in [-0.05, 0) is 60.9 Å². The molecule has 0 radical (unpaired) electrons. The molecular formula is C27H26FN3O3. The van der Waals surface area contributed by atoms with E-state index in [4.69, 9.17) is 4.74 Å². The van der Waals surface area contributed by atoms with Gasteiger partial charge in [0.15, 0.2) is 0 Å². The van der Waals surface area contributed by atoms with Gasteiger partial charge in [0.05, 0.1) is 6.10 Å². The first-order valence-corrected chi connectivity index (χ1v) is 11.5. The Hall–Kier alpha value is -3.71. The van der Waals surface area contributed by atoms with Gasteiger partial charge in [0.2, 0.25) is 0 Å². The van der Waals surface area contributed by atoms with E-state index in [1.807, 2.05) is 41.3 Å². The van der Waals surface area contributed by atoms with Gasteiger partial charge >= 0.3 is 0 Å². The van der Waals surface area contributed by atoms with Crippen molar-refractivity contribution in [1.29, 1.82) is 0 Å². The molecule has 174 valence electrons. The second kappa shape index (κ2) is 9.65. The fourth-order valence-electron chi connectivity index (χ4n) is 4.48. The number of rotatable bonds is 7. The fraction of sp³-hybridized carbons (Fsp3) is 0.259. The average molecular weight is 460 g/mol. The summed E-state index contributed by atoms with van der Waals surface area (Å²) in [5.74, 6) is -0.517. The Morgan fingerprint density at radius 3 is 2.53 bits per heavy atom. The molecule has 7 heteroatoms. The van der Waals surface area contributed by atoms with Gasteiger partial charge in [-0.1, -0.05) is 30.3 Å². The normalized spacial score (nSPS) is 19.2. The third kappa shape index (κ3) is 4.65. The minimum absolute atomic E-state index is 0.000362. The van der Waals surface area contributed by atoms with Crippen LogP contribution in [0.2, 0.25) is 0 Å². The number of amides is 2. The van der Waals surface area contributed by atoms with Gasteiger partial charge in [0, 0.05) is 42.1 Å². The molecule has 2 aliphatic heterocycles. The minimum atomic E-state index is -0.306. The Bertz CT molecular complexity index is 1170. The Balaban J connectivity index is 1.27. The summed E-state index contributed by atoms with van der Waals surface area (Å²) < 4.78 is 18.8. The lowest BCUT2D eigenvalue weighted by molar-refractivity contribution is 0.0489. The number of fused-ring (bicyclic) bond motifs is 1. The van der Waals surface area contributed by atoms with Crippen molar-refractivity contribution in [3.05, 3.63) is 101 Å². The highest BCUT2D eigenvalue weighted by Gasteiger charge is 2.38. The van der Waals surface area contributed by atoms with Crippen LogP contribution in [0.3, 0.4) is 0 Å². The zero-order valence-electron chi connectivity index (χ0n) is 18.7. The van der Waals surface area contributed by atoms with E-state index in [2.05, 4.69) is 10.6 Å². The summed E-state index contributed by atoms with van der Waals surface area (Å²) in [7, 11) is 0. The lowest BCUT2D eigenvalue weighted by Crippen LogP contribution is -2.38. The van der Waals surface area contributed by atoms with Crippen LogP contribution in [-0.2, 0) is 11.3 Å². The smallest absolute Gasteiger partial charge is 0.256 e. The van der Waals surface area contributed by atoms with Crippen LogP contribution >= 0.6 is 0 Å². The van der Waals surface area contributed by atoms with Crippen LogP contribution in [0, 0.1) is 5.82 Å². The highest BCUT2D eigenvalue weighted by molar-refractivity contribution is 5.99. The summed E-state index contributed by atoms with van der Waals surface area (Å²) in [4.78, 5) is 27.5. The van der Waals surface area contributed by atoms with Crippen molar-refractivity contribution in [3.8, 4) is 0 Å². The van der Waals surface area contributed by atoms with Crippen LogP contribution in [0.5, 0.6) is 0 Å². The largest absolute Gasteiger partial charge is 0.376 e. The van der Waals surface area contributed by atoms with Crippen LogP contribution in [0.4, 0.5) is 10.1 Å². The second-order valence-corrected chi connectivity index (χ2v) is 8.61. The number of nitrogens with zero attached hydrogens (tertiary/aromatic N) is 1. The molecule has 2 N–H and O–H groups in total. The molecule has 2 aliphatic rings. The molecule has 6 nitrogen and oxygen atoms in total. The van der Waals surface area contributed by atoms with Crippen molar-refractivity contribution in [2.45, 2.75) is 31.7 Å². The lowest BCUT2D eigenvalue weighted by Gasteiger charge is -2.29. The number of nitrogens with one attached hydrogen (secondary N) is 2. The summed E-state index contributed by atoms with van der Waals surface area (Å²) in [5.41, 5.74) is 3.79. The van der Waals surface area contributed by atoms with Crippen molar-refractivity contribution in [2.24, 2.45) is 0 Å². The number of carbonyl (C=O) groups is 2. The Labute approximate surface area is 197 Å². The van der Waals surface area contributed by atoms with E-state index in [-0.39, 0.29) is 29.9 Å². The van der Waals surface area contributed by atoms with E-state index in [9.17, 15) is 14.0 Å². The topological polar surface area (TPSA) is 70.7 Å². The predicted octanol–water partition coefficient (Wildman–Crippen LogP) is 4.50. The minimum Gasteiger partial charge on any atom is -0.376 e. The maximum absolute atomic E-state index is 13.1. The van der Waals surface area contributed by atoms with E-state index in [1.165, 1.54) is 12.1 Å². The molecule has 1 fully saturated rings. The number of halogens is 1. The van der Waals surface area contributed by atoms with Crippen LogP contribution in [0.1, 0.15) is 50.9 Å². The first kappa shape index (κ1) is 22.1. The summed E-state index contributed by atoms with van der Waals surface area (Å²) in [6.45, 7) is 1.59. The average Bonchev–Trinajstić information content (AvgIpc) is 3.47. The van der Waals surface area contributed by atoms with E-state index in [1.54, 1.807) is 24.3 Å². The standard InChI is InChI=1S/C27H26FN3O3/c28-20-11-7-18(8-12-20)16-29-26(32)19-9-13-21(14-10-19)30-25-23-5-1-2-6-24(23)27(33)31(25)17-22-4-3-15-34-22/h1-2,5-14,22,25,30H,3-4,15-17H2,(H,29,32)/t22-,25-/m1/s1. The molecule has 2 atom stereocenters. The second-order valence-electron chi connectivity index (χ2n) is 8.61. The molecule has 0 bridgehead atoms. The molecule has 5 rings (SSSR count). The Kier molecular flexibility index (Phi) is 6.27. The van der Waals surface area contributed by atoms with Crippen molar-refractivity contribution in [3.63, 3.8) is 0 Å². The third-order valence-corrected chi connectivity index (χ3v) is 6.30. The summed E-state index contributed by atoms with van der Waals surface area (Å²) in [5, 5.41) is 6.31. The summed E-state index contributed by atoms with van der Waals surface area (Å²) >= 11 is 0. The third-order valence-electron chi connectivity index (χ3n) is 6.30. The van der Waals surface area contributed by atoms with Gasteiger partial charge in [-0.2, -0.15) is 0 Å². The van der Waals surface area contributed by atoms with Crippen LogP contribution < -0.4 is 10.6 Å². The number of hydrogen-bond acceptors (Lipinski definition) is 4. The van der Waals surface area contributed by atoms with Crippen LogP contribution in [-0.4, -0.2) is 36.0 Å². The quantitative estimate of drug-likeness (QED) is 0.546. The monoisotopic (exact) mass is 459 g/mol. The van der Waals surface area contributed by atoms with Gasteiger partial charge < -0.3 is 20.3 Å². The molecule has 0 aromatic heterocycles. The molecule has 0 saturated carbocycles. The van der Waals surface area contributed by atoms with Gasteiger partial charge in [-0.15, -0.1) is 0 Å². The lowest BCUT2D eigenvalue weighted by atomic mass is 10.1. The maximum Gasteiger partial charge on any atom is 0.256 e. The summed E-state index contributed by atoms with van der Waals surface area (Å²) in [6, 6.07) is 20.8. The summed E-state index contributed by atoms with van der Waals surface area (Å²) in [6.07, 6.45) is 1.72. The van der Waals surface area contributed by atoms with Gasteiger partial charge in [-0.25, -0.2) is 4.39 Å². The molecule has 3 aromatic rings. The maximum atomic E-state index is 13.1. The molecule has 0 unspecified atom stereocenters. The zero-order chi connectivity index (χ0) is 23.5. The zero-order valence-corrected chi connectivity index (χ0v) is 18.7. The van der Waals surface area contributed by atoms with E-state index < -0.39 is 0 Å². The van der Waals surface area contributed by atoms with Crippen molar-refractivity contribution >= 4 is 17.5 Å². The molecule has 0 spiro atoms. The number of ether oxygens (including phenoxy) is 1. The van der Waals surface area contributed by atoms with Gasteiger partial charge in [0.1, 0.15) is 12.0 Å². The fourth-order valence-corrected chi connectivity index (χ4v) is 4.48. The number of anilines is 1.